The molecule has 0 aliphatic carbocycles. The van der Waals surface area contributed by atoms with Gasteiger partial charge in [-0.3, -0.25) is 9.56 Å². The Bertz CT molecular complexity index is 1660. The Morgan fingerprint density at radius 2 is 1.50 bits per heavy atom. The molecule has 0 atom stereocenters. The Hall–Kier alpha value is -4.72. The molecule has 0 fully saturated rings. The van der Waals surface area contributed by atoms with Crippen molar-refractivity contribution < 1.29 is 0 Å². The molecule has 0 saturated carbocycles. The van der Waals surface area contributed by atoms with Crippen LogP contribution in [0.15, 0.2) is 97.2 Å². The molecule has 0 saturated heterocycles. The van der Waals surface area contributed by atoms with Crippen molar-refractivity contribution in [1.29, 1.82) is 0 Å². The standard InChI is InChI=1S/C26H20N8/c1-2-23-24-15-19(31-9-6-27-16-31)3-4-25(24)34(26(23)30-5-1)22-13-20(32-10-7-28-17-32)12-21(14-22)33-11-8-29-18-33/h1-7,9-10,12-18H,8,11H2. The normalized spacial score (nSPS) is 13.5. The van der Waals surface area contributed by atoms with Crippen LogP contribution >= 0.6 is 0 Å². The van der Waals surface area contributed by atoms with Gasteiger partial charge in [-0.15, -0.1) is 0 Å². The summed E-state index contributed by atoms with van der Waals surface area (Å²) < 4.78 is 6.28. The maximum absolute atomic E-state index is 4.79. The number of fused-ring (bicyclic) bond motifs is 3. The highest BCUT2D eigenvalue weighted by Crippen LogP contribution is 2.34. The van der Waals surface area contributed by atoms with E-state index in [4.69, 9.17) is 4.98 Å². The Morgan fingerprint density at radius 1 is 0.706 bits per heavy atom. The lowest BCUT2D eigenvalue weighted by atomic mass is 10.1. The van der Waals surface area contributed by atoms with E-state index >= 15 is 0 Å². The largest absolute Gasteiger partial charge is 0.331 e. The molecule has 1 aliphatic rings. The topological polar surface area (TPSA) is 69.1 Å². The van der Waals surface area contributed by atoms with Gasteiger partial charge in [0, 0.05) is 59.7 Å². The Kier molecular flexibility index (Phi) is 4.10. The van der Waals surface area contributed by atoms with Crippen molar-refractivity contribution in [1.82, 2.24) is 28.7 Å². The minimum absolute atomic E-state index is 0.804. The van der Waals surface area contributed by atoms with Crippen molar-refractivity contribution in [2.24, 2.45) is 4.99 Å². The average Bonchev–Trinajstić information content (AvgIpc) is 3.70. The average molecular weight is 445 g/mol. The van der Waals surface area contributed by atoms with Crippen LogP contribution in [0, 0.1) is 0 Å². The van der Waals surface area contributed by atoms with E-state index in [1.54, 1.807) is 12.4 Å². The number of anilines is 1. The molecule has 8 heteroatoms. The van der Waals surface area contributed by atoms with Gasteiger partial charge in [0.2, 0.25) is 0 Å². The molecule has 0 amide bonds. The number of hydrogen-bond donors (Lipinski definition) is 0. The number of rotatable bonds is 4. The monoisotopic (exact) mass is 444 g/mol. The number of hydrogen-bond acceptors (Lipinski definition) is 5. The Labute approximate surface area is 195 Å². The van der Waals surface area contributed by atoms with Gasteiger partial charge in [0.15, 0.2) is 0 Å². The first-order valence-electron chi connectivity index (χ1n) is 11.1. The summed E-state index contributed by atoms with van der Waals surface area (Å²) in [4.78, 5) is 19.8. The lowest BCUT2D eigenvalue weighted by Crippen LogP contribution is -2.18. The van der Waals surface area contributed by atoms with E-state index < -0.39 is 0 Å². The van der Waals surface area contributed by atoms with Gasteiger partial charge in [-0.05, 0) is 48.5 Å². The van der Waals surface area contributed by atoms with Gasteiger partial charge in [0.1, 0.15) is 5.65 Å². The molecule has 1 aliphatic heterocycles. The highest BCUT2D eigenvalue weighted by atomic mass is 15.2. The first-order chi connectivity index (χ1) is 16.8. The van der Waals surface area contributed by atoms with E-state index in [9.17, 15) is 0 Å². The zero-order valence-electron chi connectivity index (χ0n) is 18.2. The molecule has 34 heavy (non-hydrogen) atoms. The summed E-state index contributed by atoms with van der Waals surface area (Å²) in [6, 6.07) is 17.1. The first kappa shape index (κ1) is 18.8. The molecule has 7 rings (SSSR count). The molecular formula is C26H20N8. The SMILES string of the molecule is C1=NCCN1c1cc(-n2ccnc2)cc(-n2c3ccc(-n4ccnc4)cc3c3cccnc32)c1. The number of benzene rings is 2. The van der Waals surface area contributed by atoms with Crippen LogP contribution in [0.2, 0.25) is 0 Å². The van der Waals surface area contributed by atoms with Gasteiger partial charge in [-0.1, -0.05) is 0 Å². The van der Waals surface area contributed by atoms with E-state index in [-0.39, 0.29) is 0 Å². The second-order valence-electron chi connectivity index (χ2n) is 8.27. The van der Waals surface area contributed by atoms with E-state index in [0.717, 1.165) is 57.8 Å². The van der Waals surface area contributed by atoms with Crippen LogP contribution in [0.4, 0.5) is 5.69 Å². The lowest BCUT2D eigenvalue weighted by Gasteiger charge is -2.18. The molecule has 4 aromatic heterocycles. The third kappa shape index (κ3) is 2.92. The molecule has 6 aromatic rings. The minimum Gasteiger partial charge on any atom is -0.331 e. The van der Waals surface area contributed by atoms with Crippen LogP contribution in [-0.2, 0) is 0 Å². The summed E-state index contributed by atoms with van der Waals surface area (Å²) >= 11 is 0. The second-order valence-corrected chi connectivity index (χ2v) is 8.27. The summed E-state index contributed by atoms with van der Waals surface area (Å²) in [5.74, 6) is 0. The summed E-state index contributed by atoms with van der Waals surface area (Å²) in [5, 5.41) is 2.25. The number of pyridine rings is 1. The van der Waals surface area contributed by atoms with Crippen molar-refractivity contribution in [3.63, 3.8) is 0 Å². The van der Waals surface area contributed by atoms with Crippen LogP contribution in [-0.4, -0.2) is 48.1 Å². The van der Waals surface area contributed by atoms with Crippen LogP contribution < -0.4 is 4.90 Å². The molecule has 5 heterocycles. The highest BCUT2D eigenvalue weighted by Gasteiger charge is 2.17. The quantitative estimate of drug-likeness (QED) is 0.404. The predicted molar refractivity (Wildman–Crippen MR) is 134 cm³/mol. The fourth-order valence-corrected chi connectivity index (χ4v) is 4.68. The number of nitrogens with zero attached hydrogens (tertiary/aromatic N) is 8. The van der Waals surface area contributed by atoms with Crippen molar-refractivity contribution in [3.8, 4) is 17.1 Å². The molecule has 0 radical (unpaired) electrons. The summed E-state index contributed by atoms with van der Waals surface area (Å²) in [6.07, 6.45) is 14.9. The van der Waals surface area contributed by atoms with E-state index in [1.165, 1.54) is 0 Å². The van der Waals surface area contributed by atoms with E-state index in [0.29, 0.717) is 0 Å². The zero-order chi connectivity index (χ0) is 22.5. The Morgan fingerprint density at radius 3 is 2.26 bits per heavy atom. The van der Waals surface area contributed by atoms with Gasteiger partial charge in [0.05, 0.1) is 42.4 Å². The highest BCUT2D eigenvalue weighted by molar-refractivity contribution is 6.08. The van der Waals surface area contributed by atoms with E-state index in [1.807, 2.05) is 52.8 Å². The molecule has 8 nitrogen and oxygen atoms in total. The molecule has 0 unspecified atom stereocenters. The minimum atomic E-state index is 0.804. The maximum Gasteiger partial charge on any atom is 0.145 e. The molecule has 0 bridgehead atoms. The zero-order valence-corrected chi connectivity index (χ0v) is 18.2. The molecule has 0 spiro atoms. The van der Waals surface area contributed by atoms with Crippen LogP contribution in [0.5, 0.6) is 0 Å². The predicted octanol–water partition coefficient (Wildman–Crippen LogP) is 4.40. The third-order valence-corrected chi connectivity index (χ3v) is 6.28. The number of aliphatic imine (C=N–C) groups is 1. The smallest absolute Gasteiger partial charge is 0.145 e. The molecule has 164 valence electrons. The number of imidazole rings is 2. The van der Waals surface area contributed by atoms with Crippen molar-refractivity contribution >= 4 is 34.0 Å². The van der Waals surface area contributed by atoms with Gasteiger partial charge in [-0.25, -0.2) is 15.0 Å². The summed E-state index contributed by atoms with van der Waals surface area (Å²) in [7, 11) is 0. The number of aromatic nitrogens is 6. The van der Waals surface area contributed by atoms with Crippen LogP contribution in [0.3, 0.4) is 0 Å². The summed E-state index contributed by atoms with van der Waals surface area (Å²) in [5.41, 5.74) is 6.24. The second kappa shape index (κ2) is 7.41. The van der Waals surface area contributed by atoms with Gasteiger partial charge in [0.25, 0.3) is 0 Å². The lowest BCUT2D eigenvalue weighted by molar-refractivity contribution is 1.01. The van der Waals surface area contributed by atoms with Crippen LogP contribution in [0.1, 0.15) is 0 Å². The van der Waals surface area contributed by atoms with Gasteiger partial charge >= 0.3 is 0 Å². The van der Waals surface area contributed by atoms with Gasteiger partial charge < -0.3 is 14.0 Å². The van der Waals surface area contributed by atoms with E-state index in [2.05, 4.69) is 66.9 Å². The van der Waals surface area contributed by atoms with Crippen molar-refractivity contribution in [3.05, 3.63) is 92.2 Å². The molecule has 0 N–H and O–H groups in total. The fourth-order valence-electron chi connectivity index (χ4n) is 4.68. The molecular weight excluding hydrogens is 424 g/mol. The van der Waals surface area contributed by atoms with Crippen molar-refractivity contribution in [2.75, 3.05) is 18.0 Å². The van der Waals surface area contributed by atoms with Crippen LogP contribution in [0.25, 0.3) is 39.0 Å². The third-order valence-electron chi connectivity index (χ3n) is 6.28. The van der Waals surface area contributed by atoms with Crippen molar-refractivity contribution in [2.45, 2.75) is 0 Å². The van der Waals surface area contributed by atoms with Gasteiger partial charge in [-0.2, -0.15) is 0 Å². The maximum atomic E-state index is 4.79. The fraction of sp³-hybridized carbons (Fsp3) is 0.0769. The summed E-state index contributed by atoms with van der Waals surface area (Å²) in [6.45, 7) is 1.67. The first-order valence-corrected chi connectivity index (χ1v) is 11.1. The molecule has 2 aromatic carbocycles. The Balaban J connectivity index is 1.51.